The van der Waals surface area contributed by atoms with Gasteiger partial charge in [-0.25, -0.2) is 9.59 Å². The van der Waals surface area contributed by atoms with Gasteiger partial charge in [-0.2, -0.15) is 11.8 Å². The summed E-state index contributed by atoms with van der Waals surface area (Å²) in [5.74, 6) is -1.61. The lowest BCUT2D eigenvalue weighted by atomic mass is 9.96. The monoisotopic (exact) mass is 371 g/mol. The molecule has 0 aromatic heterocycles. The number of nitrogens with one attached hydrogen (secondary N) is 1. The Hall–Kier alpha value is -1.73. The molecule has 1 heterocycles. The predicted molar refractivity (Wildman–Crippen MR) is 91.9 cm³/mol. The molecule has 0 saturated carbocycles. The molecule has 24 heavy (non-hydrogen) atoms. The molecule has 6 nitrogen and oxygen atoms in total. The number of cyclic esters (lactones) is 1. The highest BCUT2D eigenvalue weighted by Crippen LogP contribution is 2.29. The lowest BCUT2D eigenvalue weighted by molar-refractivity contribution is -0.139. The highest BCUT2D eigenvalue weighted by Gasteiger charge is 2.28. The molecule has 2 atom stereocenters. The number of halogens is 1. The van der Waals surface area contributed by atoms with Crippen LogP contribution in [0.5, 0.6) is 0 Å². The molecular weight excluding hydrogens is 354 g/mol. The fraction of sp³-hybridized carbons (Fsp3) is 0.438. The van der Waals surface area contributed by atoms with Gasteiger partial charge in [0, 0.05) is 17.0 Å². The second-order valence-electron chi connectivity index (χ2n) is 5.55. The number of rotatable bonds is 6. The van der Waals surface area contributed by atoms with Crippen LogP contribution in [0.1, 0.15) is 39.6 Å². The third-order valence-electron chi connectivity index (χ3n) is 3.69. The van der Waals surface area contributed by atoms with E-state index in [4.69, 9.17) is 16.3 Å². The first kappa shape index (κ1) is 18.6. The van der Waals surface area contributed by atoms with Crippen LogP contribution in [0.25, 0.3) is 0 Å². The van der Waals surface area contributed by atoms with E-state index in [-0.39, 0.29) is 17.2 Å². The molecule has 0 bridgehead atoms. The Bertz CT molecular complexity index is 679. The van der Waals surface area contributed by atoms with E-state index in [2.05, 4.69) is 5.32 Å². The normalized spacial score (nSPS) is 17.6. The second-order valence-corrected chi connectivity index (χ2v) is 6.94. The van der Waals surface area contributed by atoms with Crippen LogP contribution in [-0.4, -0.2) is 47.1 Å². The zero-order valence-electron chi connectivity index (χ0n) is 13.3. The zero-order chi connectivity index (χ0) is 17.9. The number of ether oxygens (including phenoxy) is 1. The summed E-state index contributed by atoms with van der Waals surface area (Å²) in [5, 5.41) is 12.0. The molecule has 130 valence electrons. The summed E-state index contributed by atoms with van der Waals surface area (Å²) in [7, 11) is 0. The molecule has 2 unspecified atom stereocenters. The molecule has 1 aliphatic rings. The van der Waals surface area contributed by atoms with Crippen LogP contribution in [0.4, 0.5) is 0 Å². The highest BCUT2D eigenvalue weighted by atomic mass is 35.5. The minimum Gasteiger partial charge on any atom is -0.480 e. The van der Waals surface area contributed by atoms with Crippen LogP contribution < -0.4 is 5.32 Å². The van der Waals surface area contributed by atoms with Crippen LogP contribution in [0.2, 0.25) is 5.02 Å². The van der Waals surface area contributed by atoms with Crippen molar-refractivity contribution in [1.82, 2.24) is 5.32 Å². The number of hydrogen-bond acceptors (Lipinski definition) is 5. The fourth-order valence-corrected chi connectivity index (χ4v) is 3.24. The molecule has 1 aromatic carbocycles. The van der Waals surface area contributed by atoms with E-state index in [1.807, 2.05) is 6.26 Å². The van der Waals surface area contributed by atoms with Crippen molar-refractivity contribution in [1.29, 1.82) is 0 Å². The summed E-state index contributed by atoms with van der Waals surface area (Å²) >= 11 is 7.69. The molecule has 0 spiro atoms. The number of esters is 1. The van der Waals surface area contributed by atoms with Gasteiger partial charge in [0.2, 0.25) is 0 Å². The van der Waals surface area contributed by atoms with Crippen molar-refractivity contribution < 1.29 is 24.2 Å². The van der Waals surface area contributed by atoms with Crippen molar-refractivity contribution >= 4 is 41.2 Å². The first-order chi connectivity index (χ1) is 11.3. The quantitative estimate of drug-likeness (QED) is 0.746. The Balaban J connectivity index is 2.24. The molecule has 1 aromatic rings. The summed E-state index contributed by atoms with van der Waals surface area (Å²) in [6, 6.07) is 1.86. The molecule has 0 aliphatic carbocycles. The lowest BCUT2D eigenvalue weighted by Crippen LogP contribution is -2.41. The Morgan fingerprint density at radius 1 is 1.50 bits per heavy atom. The predicted octanol–water partition coefficient (Wildman–Crippen LogP) is 2.38. The number of fused-ring (bicyclic) bond motifs is 1. The summed E-state index contributed by atoms with van der Waals surface area (Å²) in [6.07, 6.45) is 2.37. The number of carbonyl (C=O) groups is 3. The molecule has 2 rings (SSSR count). The van der Waals surface area contributed by atoms with Crippen LogP contribution in [0, 0.1) is 0 Å². The zero-order valence-corrected chi connectivity index (χ0v) is 14.9. The Morgan fingerprint density at radius 3 is 2.83 bits per heavy atom. The number of aliphatic carboxylic acids is 1. The smallest absolute Gasteiger partial charge is 0.338 e. The minimum atomic E-state index is -1.10. The van der Waals surface area contributed by atoms with Crippen molar-refractivity contribution in [3.05, 3.63) is 33.8 Å². The molecule has 0 fully saturated rings. The topological polar surface area (TPSA) is 92.7 Å². The Kier molecular flexibility index (Phi) is 6.12. The number of amides is 1. The third-order valence-corrected chi connectivity index (χ3v) is 4.67. The number of thioether (sulfide) groups is 1. The van der Waals surface area contributed by atoms with Gasteiger partial charge in [0.25, 0.3) is 5.91 Å². The molecule has 1 amide bonds. The van der Waals surface area contributed by atoms with Crippen molar-refractivity contribution in [3.63, 3.8) is 0 Å². The molecule has 1 aliphatic heterocycles. The largest absolute Gasteiger partial charge is 0.480 e. The van der Waals surface area contributed by atoms with Crippen molar-refractivity contribution in [2.75, 3.05) is 12.0 Å². The number of hydrogen-bond donors (Lipinski definition) is 2. The van der Waals surface area contributed by atoms with Gasteiger partial charge >= 0.3 is 11.9 Å². The number of benzene rings is 1. The van der Waals surface area contributed by atoms with Gasteiger partial charge in [-0.1, -0.05) is 11.6 Å². The Morgan fingerprint density at radius 2 is 2.21 bits per heavy atom. The van der Waals surface area contributed by atoms with Crippen molar-refractivity contribution in [2.24, 2.45) is 0 Å². The first-order valence-electron chi connectivity index (χ1n) is 7.39. The van der Waals surface area contributed by atoms with E-state index in [0.29, 0.717) is 29.2 Å². The van der Waals surface area contributed by atoms with E-state index < -0.39 is 23.9 Å². The van der Waals surface area contributed by atoms with Crippen LogP contribution >= 0.6 is 23.4 Å². The molecule has 8 heteroatoms. The number of carboxylic acid groups (broad SMARTS) is 1. The van der Waals surface area contributed by atoms with Gasteiger partial charge in [0.05, 0.1) is 5.56 Å². The van der Waals surface area contributed by atoms with E-state index >= 15 is 0 Å². The maximum Gasteiger partial charge on any atom is 0.338 e. The third kappa shape index (κ3) is 4.21. The van der Waals surface area contributed by atoms with Crippen LogP contribution in [0.15, 0.2) is 12.1 Å². The summed E-state index contributed by atoms with van der Waals surface area (Å²) in [6.45, 7) is 1.76. The van der Waals surface area contributed by atoms with Crippen LogP contribution in [0.3, 0.4) is 0 Å². The lowest BCUT2D eigenvalue weighted by Gasteiger charge is -2.23. The molecule has 2 N–H and O–H groups in total. The summed E-state index contributed by atoms with van der Waals surface area (Å²) in [5.41, 5.74) is 1.04. The molecular formula is C16H18ClNO5S. The molecule has 0 radical (unpaired) electrons. The van der Waals surface area contributed by atoms with Crippen LogP contribution in [-0.2, 0) is 16.0 Å². The number of carboxylic acids is 1. The first-order valence-corrected chi connectivity index (χ1v) is 9.16. The van der Waals surface area contributed by atoms with Gasteiger partial charge in [-0.15, -0.1) is 0 Å². The Labute approximate surface area is 148 Å². The van der Waals surface area contributed by atoms with Crippen molar-refractivity contribution in [3.8, 4) is 0 Å². The second kappa shape index (κ2) is 7.90. The van der Waals surface area contributed by atoms with Gasteiger partial charge < -0.3 is 15.2 Å². The summed E-state index contributed by atoms with van der Waals surface area (Å²) in [4.78, 5) is 35.6. The minimum absolute atomic E-state index is 0.139. The molecule has 0 saturated heterocycles. The van der Waals surface area contributed by atoms with Gasteiger partial charge in [-0.3, -0.25) is 4.79 Å². The standard InChI is InChI=1S/C16H18ClNO5S/c1-8-5-10-11(16(22)23-8)6-9(7-12(10)17)14(19)18-13(15(20)21)3-4-24-2/h6-8,13H,3-5H2,1-2H3,(H,18,19)(H,20,21). The van der Waals surface area contributed by atoms with Gasteiger partial charge in [0.1, 0.15) is 12.1 Å². The highest BCUT2D eigenvalue weighted by molar-refractivity contribution is 7.98. The average molecular weight is 372 g/mol. The van der Waals surface area contributed by atoms with E-state index in [1.165, 1.54) is 23.9 Å². The van der Waals surface area contributed by atoms with Gasteiger partial charge in [0.15, 0.2) is 0 Å². The van der Waals surface area contributed by atoms with Gasteiger partial charge in [-0.05, 0) is 43.0 Å². The maximum atomic E-state index is 12.3. The SMILES string of the molecule is CSCCC(NC(=O)c1cc(Cl)c2c(c1)C(=O)OC(C)C2)C(=O)O. The van der Waals surface area contributed by atoms with E-state index in [0.717, 1.165) is 0 Å². The van der Waals surface area contributed by atoms with Crippen molar-refractivity contribution in [2.45, 2.75) is 31.9 Å². The average Bonchev–Trinajstić information content (AvgIpc) is 2.51. The fourth-order valence-electron chi connectivity index (χ4n) is 2.47. The number of carbonyl (C=O) groups excluding carboxylic acids is 2. The summed E-state index contributed by atoms with van der Waals surface area (Å²) < 4.78 is 5.15. The maximum absolute atomic E-state index is 12.3. The van der Waals surface area contributed by atoms with E-state index in [1.54, 1.807) is 6.92 Å². The van der Waals surface area contributed by atoms with E-state index in [9.17, 15) is 19.5 Å².